The van der Waals surface area contributed by atoms with Crippen molar-refractivity contribution in [1.29, 1.82) is 0 Å². The van der Waals surface area contributed by atoms with Crippen LogP contribution in [0.2, 0.25) is 0 Å². The average molecular weight is 546 g/mol. The van der Waals surface area contributed by atoms with Crippen LogP contribution in [-0.4, -0.2) is 36.0 Å². The maximum atomic E-state index is 13.5. The lowest BCUT2D eigenvalue weighted by Gasteiger charge is -2.20. The maximum absolute atomic E-state index is 13.5. The number of rotatable bonds is 6. The summed E-state index contributed by atoms with van der Waals surface area (Å²) >= 11 is 0. The first-order valence-electron chi connectivity index (χ1n) is 13.9. The largest absolute Gasteiger partial charge is 0.338 e. The Morgan fingerprint density at radius 2 is 1.78 bits per heavy atom. The van der Waals surface area contributed by atoms with Crippen LogP contribution in [0.1, 0.15) is 38.5 Å². The quantitative estimate of drug-likeness (QED) is 0.204. The van der Waals surface area contributed by atoms with Gasteiger partial charge in [0, 0.05) is 35.2 Å². The van der Waals surface area contributed by atoms with Gasteiger partial charge in [-0.15, -0.1) is 0 Å². The molecule has 5 aromatic heterocycles. The number of halogens is 1. The third kappa shape index (κ3) is 5.06. The number of amides is 1. The molecule has 1 saturated carbocycles. The van der Waals surface area contributed by atoms with Crippen molar-refractivity contribution in [2.45, 2.75) is 38.5 Å². The summed E-state index contributed by atoms with van der Waals surface area (Å²) in [4.78, 5) is 29.6. The second kappa shape index (κ2) is 10.6. The first-order chi connectivity index (χ1) is 20.1. The molecule has 204 valence electrons. The Morgan fingerprint density at radius 3 is 2.63 bits per heavy atom. The standard InChI is InChI=1S/C32H28FN7O/c33-22-8-6-20(7-9-22)24-10-11-35-32-25(24)14-28(38-32)31-26-15-27(36-18-29(26)39-40-31)21-13-23(17-34-16-21)37-30(41)12-19-4-2-1-3-5-19/h6-11,13-19H,1-5,12H2,(H,35,38)(H,37,41)(H,39,40). The summed E-state index contributed by atoms with van der Waals surface area (Å²) in [5.41, 5.74) is 7.07. The van der Waals surface area contributed by atoms with Crippen LogP contribution < -0.4 is 5.32 Å². The lowest BCUT2D eigenvalue weighted by molar-refractivity contribution is -0.117. The lowest BCUT2D eigenvalue weighted by Crippen LogP contribution is -2.18. The van der Waals surface area contributed by atoms with E-state index in [0.717, 1.165) is 62.9 Å². The first kappa shape index (κ1) is 25.1. The molecule has 1 amide bonds. The number of anilines is 1. The SMILES string of the molecule is O=C(CC1CCCCC1)Nc1cncc(-c2cc3c(-c4cc5c(-c6ccc(F)cc6)ccnc5[nH]4)n[nH]c3cn2)c1. The predicted octanol–water partition coefficient (Wildman–Crippen LogP) is 7.28. The molecule has 0 aliphatic heterocycles. The van der Waals surface area contributed by atoms with E-state index in [1.807, 2.05) is 24.3 Å². The molecule has 0 radical (unpaired) electrons. The van der Waals surface area contributed by atoms with E-state index in [1.54, 1.807) is 36.9 Å². The van der Waals surface area contributed by atoms with Gasteiger partial charge in [0.25, 0.3) is 0 Å². The Morgan fingerprint density at radius 1 is 0.927 bits per heavy atom. The highest BCUT2D eigenvalue weighted by atomic mass is 19.1. The monoisotopic (exact) mass is 545 g/mol. The van der Waals surface area contributed by atoms with Crippen molar-refractivity contribution in [3.8, 4) is 33.8 Å². The molecule has 0 bridgehead atoms. The molecule has 1 aromatic carbocycles. The maximum Gasteiger partial charge on any atom is 0.224 e. The predicted molar refractivity (Wildman–Crippen MR) is 157 cm³/mol. The summed E-state index contributed by atoms with van der Waals surface area (Å²) in [7, 11) is 0. The van der Waals surface area contributed by atoms with E-state index in [1.165, 1.54) is 31.4 Å². The van der Waals surface area contributed by atoms with E-state index < -0.39 is 0 Å². The molecule has 0 atom stereocenters. The smallest absolute Gasteiger partial charge is 0.224 e. The molecular weight excluding hydrogens is 517 g/mol. The number of aromatic amines is 2. The number of benzene rings is 1. The molecular formula is C32H28FN7O. The van der Waals surface area contributed by atoms with Gasteiger partial charge in [0.15, 0.2) is 0 Å². The summed E-state index contributed by atoms with van der Waals surface area (Å²) < 4.78 is 13.5. The highest BCUT2D eigenvalue weighted by molar-refractivity contribution is 6.00. The number of aromatic nitrogens is 6. The summed E-state index contributed by atoms with van der Waals surface area (Å²) in [5.74, 6) is 0.225. The molecule has 0 spiro atoms. The van der Waals surface area contributed by atoms with Gasteiger partial charge in [-0.25, -0.2) is 9.37 Å². The van der Waals surface area contributed by atoms with Crippen molar-refractivity contribution in [3.05, 3.63) is 79.1 Å². The van der Waals surface area contributed by atoms with Gasteiger partial charge in [-0.3, -0.25) is 19.9 Å². The van der Waals surface area contributed by atoms with E-state index >= 15 is 0 Å². The average Bonchev–Trinajstić information content (AvgIpc) is 3.62. The Kier molecular flexibility index (Phi) is 6.47. The zero-order valence-electron chi connectivity index (χ0n) is 22.3. The van der Waals surface area contributed by atoms with Crippen LogP contribution in [0, 0.1) is 11.7 Å². The molecule has 1 aliphatic carbocycles. The highest BCUT2D eigenvalue weighted by Crippen LogP contribution is 2.34. The third-order valence-corrected chi connectivity index (χ3v) is 7.91. The van der Waals surface area contributed by atoms with Gasteiger partial charge < -0.3 is 10.3 Å². The molecule has 0 saturated heterocycles. The van der Waals surface area contributed by atoms with Gasteiger partial charge in [-0.2, -0.15) is 5.10 Å². The molecule has 0 unspecified atom stereocenters. The first-order valence-corrected chi connectivity index (χ1v) is 13.9. The fourth-order valence-electron chi connectivity index (χ4n) is 5.83. The molecule has 3 N–H and O–H groups in total. The fraction of sp³-hybridized carbons (Fsp3) is 0.219. The Bertz CT molecular complexity index is 1870. The van der Waals surface area contributed by atoms with Crippen LogP contribution in [0.4, 0.5) is 10.1 Å². The number of pyridine rings is 3. The van der Waals surface area contributed by atoms with E-state index in [-0.39, 0.29) is 11.7 Å². The zero-order valence-corrected chi connectivity index (χ0v) is 22.3. The normalized spacial score (nSPS) is 14.1. The second-order valence-corrected chi connectivity index (χ2v) is 10.7. The molecule has 5 heterocycles. The molecule has 1 aliphatic rings. The number of carbonyl (C=O) groups excluding carboxylic acids is 1. The zero-order chi connectivity index (χ0) is 27.8. The molecule has 8 nitrogen and oxygen atoms in total. The van der Waals surface area contributed by atoms with Crippen LogP contribution in [0.25, 0.3) is 55.7 Å². The summed E-state index contributed by atoms with van der Waals surface area (Å²) in [6.45, 7) is 0. The lowest BCUT2D eigenvalue weighted by atomic mass is 9.87. The minimum absolute atomic E-state index is 0.0313. The summed E-state index contributed by atoms with van der Waals surface area (Å²) in [5, 5.41) is 12.5. The Labute approximate surface area is 235 Å². The number of H-pyrrole nitrogens is 2. The molecule has 7 rings (SSSR count). The molecule has 41 heavy (non-hydrogen) atoms. The summed E-state index contributed by atoms with van der Waals surface area (Å²) in [6.07, 6.45) is 13.4. The highest BCUT2D eigenvalue weighted by Gasteiger charge is 2.18. The van der Waals surface area contributed by atoms with E-state index in [2.05, 4.69) is 35.5 Å². The van der Waals surface area contributed by atoms with Crippen molar-refractivity contribution in [2.24, 2.45) is 5.92 Å². The van der Waals surface area contributed by atoms with Crippen LogP contribution in [0.3, 0.4) is 0 Å². The topological polar surface area (TPSA) is 112 Å². The Hall–Kier alpha value is -4.92. The van der Waals surface area contributed by atoms with Gasteiger partial charge in [-0.05, 0) is 66.3 Å². The van der Waals surface area contributed by atoms with Crippen molar-refractivity contribution in [2.75, 3.05) is 5.32 Å². The van der Waals surface area contributed by atoms with Crippen molar-refractivity contribution in [3.63, 3.8) is 0 Å². The van der Waals surface area contributed by atoms with Crippen LogP contribution >= 0.6 is 0 Å². The van der Waals surface area contributed by atoms with E-state index in [0.29, 0.717) is 23.7 Å². The van der Waals surface area contributed by atoms with Crippen LogP contribution in [-0.2, 0) is 4.79 Å². The molecule has 6 aromatic rings. The summed E-state index contributed by atoms with van der Waals surface area (Å²) in [6, 6.07) is 14.2. The van der Waals surface area contributed by atoms with Crippen molar-refractivity contribution >= 4 is 33.5 Å². The third-order valence-electron chi connectivity index (χ3n) is 7.91. The van der Waals surface area contributed by atoms with E-state index in [4.69, 9.17) is 0 Å². The number of nitrogens with one attached hydrogen (secondary N) is 3. The number of nitrogens with zero attached hydrogens (tertiary/aromatic N) is 4. The molecule has 9 heteroatoms. The van der Waals surface area contributed by atoms with Gasteiger partial charge in [0.2, 0.25) is 5.91 Å². The Balaban J connectivity index is 1.19. The van der Waals surface area contributed by atoms with Crippen LogP contribution in [0.5, 0.6) is 0 Å². The number of carbonyl (C=O) groups is 1. The van der Waals surface area contributed by atoms with Crippen molar-refractivity contribution in [1.82, 2.24) is 30.1 Å². The molecule has 1 fully saturated rings. The minimum atomic E-state index is -0.274. The number of fused-ring (bicyclic) bond motifs is 2. The number of hydrogen-bond donors (Lipinski definition) is 3. The van der Waals surface area contributed by atoms with Crippen LogP contribution in [0.15, 0.2) is 73.3 Å². The van der Waals surface area contributed by atoms with E-state index in [9.17, 15) is 9.18 Å². The van der Waals surface area contributed by atoms with Gasteiger partial charge in [-0.1, -0.05) is 31.4 Å². The van der Waals surface area contributed by atoms with Gasteiger partial charge in [0.1, 0.15) is 17.2 Å². The fourth-order valence-corrected chi connectivity index (χ4v) is 5.83. The number of hydrogen-bond acceptors (Lipinski definition) is 5. The van der Waals surface area contributed by atoms with Gasteiger partial charge >= 0.3 is 0 Å². The van der Waals surface area contributed by atoms with Crippen molar-refractivity contribution < 1.29 is 9.18 Å². The second-order valence-electron chi connectivity index (χ2n) is 10.7. The minimum Gasteiger partial charge on any atom is -0.338 e. The van der Waals surface area contributed by atoms with Gasteiger partial charge in [0.05, 0.1) is 35.0 Å².